The average molecular weight is 392 g/mol. The molecule has 0 spiro atoms. The molecule has 2 heterocycles. The van der Waals surface area contributed by atoms with Crippen LogP contribution in [0.5, 0.6) is 0 Å². The second-order valence-corrected chi connectivity index (χ2v) is 7.26. The van der Waals surface area contributed by atoms with Crippen molar-refractivity contribution in [2.75, 3.05) is 0 Å². The van der Waals surface area contributed by atoms with Gasteiger partial charge in [0.15, 0.2) is 0 Å². The van der Waals surface area contributed by atoms with Gasteiger partial charge < -0.3 is 10.3 Å². The summed E-state index contributed by atoms with van der Waals surface area (Å²) in [4.78, 5) is 38.9. The fraction of sp³-hybridized carbons (Fsp3) is 0.278. The lowest BCUT2D eigenvalue weighted by Gasteiger charge is -2.07. The van der Waals surface area contributed by atoms with Crippen LogP contribution in [0.1, 0.15) is 24.8 Å². The summed E-state index contributed by atoms with van der Waals surface area (Å²) in [5, 5.41) is 5.28. The molecule has 0 unspecified atom stereocenters. The minimum absolute atomic E-state index is 0.0603. The van der Waals surface area contributed by atoms with Crippen molar-refractivity contribution >= 4 is 39.1 Å². The van der Waals surface area contributed by atoms with E-state index in [9.17, 15) is 14.4 Å². The zero-order valence-corrected chi connectivity index (χ0v) is 15.5. The number of amides is 1. The van der Waals surface area contributed by atoms with Crippen molar-refractivity contribution in [1.82, 2.24) is 14.9 Å². The molecule has 0 bridgehead atoms. The number of aromatic amines is 1. The highest BCUT2D eigenvalue weighted by Gasteiger charge is 2.09. The number of thiophene rings is 1. The summed E-state index contributed by atoms with van der Waals surface area (Å²) in [5.41, 5.74) is 0.868. The maximum atomic E-state index is 12.3. The Morgan fingerprint density at radius 1 is 1.15 bits per heavy atom. The molecule has 1 aromatic carbocycles. The first-order valence-electron chi connectivity index (χ1n) is 8.26. The van der Waals surface area contributed by atoms with Crippen molar-refractivity contribution < 1.29 is 4.79 Å². The number of fused-ring (bicyclic) bond motifs is 1. The normalized spacial score (nSPS) is 11.0. The number of halogens is 1. The number of nitrogens with zero attached hydrogens (tertiary/aromatic N) is 1. The molecule has 0 aliphatic carbocycles. The molecule has 2 aromatic heterocycles. The first kappa shape index (κ1) is 18.4. The van der Waals surface area contributed by atoms with Crippen LogP contribution in [0.2, 0.25) is 5.02 Å². The van der Waals surface area contributed by atoms with Crippen LogP contribution in [-0.4, -0.2) is 15.5 Å². The van der Waals surface area contributed by atoms with Gasteiger partial charge in [-0.3, -0.25) is 14.2 Å². The van der Waals surface area contributed by atoms with E-state index in [0.29, 0.717) is 47.6 Å². The van der Waals surface area contributed by atoms with Crippen molar-refractivity contribution in [3.8, 4) is 0 Å². The molecule has 0 fully saturated rings. The molecule has 3 rings (SSSR count). The monoisotopic (exact) mass is 391 g/mol. The number of aromatic nitrogens is 2. The smallest absolute Gasteiger partial charge is 0.328 e. The van der Waals surface area contributed by atoms with Gasteiger partial charge in [-0.2, -0.15) is 0 Å². The standard InChI is InChI=1S/C18H18ClN3O3S/c19-13-6-4-12(5-7-13)11-20-15(23)3-1-2-9-22-17(24)16-14(8-10-26-16)21-18(22)25/h4-8,10H,1-3,9,11H2,(H,20,23)(H,21,25). The summed E-state index contributed by atoms with van der Waals surface area (Å²) < 4.78 is 1.75. The zero-order valence-electron chi connectivity index (χ0n) is 14.0. The maximum absolute atomic E-state index is 12.3. The van der Waals surface area contributed by atoms with Gasteiger partial charge >= 0.3 is 5.69 Å². The lowest BCUT2D eigenvalue weighted by molar-refractivity contribution is -0.121. The van der Waals surface area contributed by atoms with Crippen LogP contribution in [0.25, 0.3) is 10.2 Å². The van der Waals surface area contributed by atoms with E-state index in [2.05, 4.69) is 10.3 Å². The average Bonchev–Trinajstić information content (AvgIpc) is 3.09. The van der Waals surface area contributed by atoms with Crippen molar-refractivity contribution in [3.05, 3.63) is 67.1 Å². The third kappa shape index (κ3) is 4.42. The summed E-state index contributed by atoms with van der Waals surface area (Å²) in [7, 11) is 0. The Balaban J connectivity index is 1.47. The third-order valence-corrected chi connectivity index (χ3v) is 5.18. The second-order valence-electron chi connectivity index (χ2n) is 5.91. The highest BCUT2D eigenvalue weighted by atomic mass is 35.5. The molecule has 0 saturated heterocycles. The molecular formula is C18H18ClN3O3S. The number of nitrogens with one attached hydrogen (secondary N) is 2. The van der Waals surface area contributed by atoms with E-state index in [1.165, 1.54) is 15.9 Å². The van der Waals surface area contributed by atoms with E-state index in [1.807, 2.05) is 12.1 Å². The van der Waals surface area contributed by atoms with E-state index in [4.69, 9.17) is 11.6 Å². The minimum atomic E-state index is -0.409. The SMILES string of the molecule is O=C(CCCCn1c(=O)[nH]c2ccsc2c1=O)NCc1ccc(Cl)cc1. The van der Waals surface area contributed by atoms with Gasteiger partial charge in [0.25, 0.3) is 5.56 Å². The zero-order chi connectivity index (χ0) is 18.5. The van der Waals surface area contributed by atoms with Crippen LogP contribution in [0.3, 0.4) is 0 Å². The van der Waals surface area contributed by atoms with Gasteiger partial charge in [-0.15, -0.1) is 11.3 Å². The van der Waals surface area contributed by atoms with Crippen LogP contribution in [0.15, 0.2) is 45.3 Å². The predicted molar refractivity (Wildman–Crippen MR) is 104 cm³/mol. The molecule has 0 aliphatic heterocycles. The fourth-order valence-electron chi connectivity index (χ4n) is 2.62. The number of hydrogen-bond donors (Lipinski definition) is 2. The van der Waals surface area contributed by atoms with Gasteiger partial charge in [-0.05, 0) is 42.0 Å². The third-order valence-electron chi connectivity index (χ3n) is 4.03. The second kappa shape index (κ2) is 8.33. The summed E-state index contributed by atoms with van der Waals surface area (Å²) in [6.07, 6.45) is 1.52. The van der Waals surface area contributed by atoms with Crippen LogP contribution >= 0.6 is 22.9 Å². The Morgan fingerprint density at radius 2 is 1.92 bits per heavy atom. The number of H-pyrrole nitrogens is 1. The molecule has 26 heavy (non-hydrogen) atoms. The molecular weight excluding hydrogens is 374 g/mol. The van der Waals surface area contributed by atoms with Crippen LogP contribution in [0.4, 0.5) is 0 Å². The first-order valence-corrected chi connectivity index (χ1v) is 9.52. The number of carbonyl (C=O) groups excluding carboxylic acids is 1. The van der Waals surface area contributed by atoms with Crippen molar-refractivity contribution in [2.24, 2.45) is 0 Å². The summed E-state index contributed by atoms with van der Waals surface area (Å²) >= 11 is 7.13. The molecule has 0 atom stereocenters. The molecule has 0 saturated carbocycles. The van der Waals surface area contributed by atoms with Gasteiger partial charge in [0, 0.05) is 24.5 Å². The Kier molecular flexibility index (Phi) is 5.90. The summed E-state index contributed by atoms with van der Waals surface area (Å²) in [5.74, 6) is -0.0603. The van der Waals surface area contributed by atoms with Crippen LogP contribution in [0, 0.1) is 0 Å². The van der Waals surface area contributed by atoms with Crippen molar-refractivity contribution in [2.45, 2.75) is 32.4 Å². The topological polar surface area (TPSA) is 84.0 Å². The number of rotatable bonds is 7. The lowest BCUT2D eigenvalue weighted by Crippen LogP contribution is -2.34. The van der Waals surface area contributed by atoms with Crippen molar-refractivity contribution in [3.63, 3.8) is 0 Å². The van der Waals surface area contributed by atoms with Gasteiger partial charge in [-0.25, -0.2) is 4.79 Å². The molecule has 0 aliphatic rings. The fourth-order valence-corrected chi connectivity index (χ4v) is 3.54. The van der Waals surface area contributed by atoms with E-state index >= 15 is 0 Å². The molecule has 136 valence electrons. The summed E-state index contributed by atoms with van der Waals surface area (Å²) in [6, 6.07) is 9.01. The molecule has 2 N–H and O–H groups in total. The Morgan fingerprint density at radius 3 is 2.69 bits per heavy atom. The van der Waals surface area contributed by atoms with E-state index in [1.54, 1.807) is 23.6 Å². The van der Waals surface area contributed by atoms with Crippen LogP contribution < -0.4 is 16.6 Å². The predicted octanol–water partition coefficient (Wildman–Crippen LogP) is 2.89. The van der Waals surface area contributed by atoms with Gasteiger partial charge in [-0.1, -0.05) is 23.7 Å². The van der Waals surface area contributed by atoms with Gasteiger partial charge in [0.1, 0.15) is 4.70 Å². The van der Waals surface area contributed by atoms with Gasteiger partial charge in [0.2, 0.25) is 5.91 Å². The highest BCUT2D eigenvalue weighted by Crippen LogP contribution is 2.12. The number of carbonyl (C=O) groups is 1. The first-order chi connectivity index (χ1) is 12.5. The van der Waals surface area contributed by atoms with Crippen LogP contribution in [-0.2, 0) is 17.9 Å². The number of unbranched alkanes of at least 4 members (excludes halogenated alkanes) is 1. The largest absolute Gasteiger partial charge is 0.352 e. The molecule has 3 aromatic rings. The number of benzene rings is 1. The molecule has 6 nitrogen and oxygen atoms in total. The minimum Gasteiger partial charge on any atom is -0.352 e. The lowest BCUT2D eigenvalue weighted by atomic mass is 10.2. The highest BCUT2D eigenvalue weighted by molar-refractivity contribution is 7.17. The molecule has 0 radical (unpaired) electrons. The van der Waals surface area contributed by atoms with E-state index in [-0.39, 0.29) is 11.5 Å². The van der Waals surface area contributed by atoms with Gasteiger partial charge in [0.05, 0.1) is 5.52 Å². The maximum Gasteiger partial charge on any atom is 0.328 e. The Bertz CT molecular complexity index is 1020. The summed E-state index contributed by atoms with van der Waals surface area (Å²) in [6.45, 7) is 0.747. The molecule has 1 amide bonds. The molecule has 8 heteroatoms. The quantitative estimate of drug-likeness (QED) is 0.607. The Hall–Kier alpha value is -2.38. The Labute approximate surface area is 158 Å². The van der Waals surface area contributed by atoms with E-state index in [0.717, 1.165) is 5.56 Å². The number of hydrogen-bond acceptors (Lipinski definition) is 4. The van der Waals surface area contributed by atoms with E-state index < -0.39 is 5.69 Å². The van der Waals surface area contributed by atoms with Crippen molar-refractivity contribution in [1.29, 1.82) is 0 Å².